The first-order chi connectivity index (χ1) is 9.62. The van der Waals surface area contributed by atoms with Crippen LogP contribution in [0.2, 0.25) is 0 Å². The number of hydrogen-bond donors (Lipinski definition) is 1. The number of carbonyl (C=O) groups is 1. The molecule has 3 rings (SSSR count). The third kappa shape index (κ3) is 2.24. The van der Waals surface area contributed by atoms with Crippen molar-refractivity contribution in [3.8, 4) is 0 Å². The van der Waals surface area contributed by atoms with Gasteiger partial charge in [-0.25, -0.2) is 0 Å². The van der Waals surface area contributed by atoms with Crippen molar-refractivity contribution in [2.24, 2.45) is 5.41 Å². The summed E-state index contributed by atoms with van der Waals surface area (Å²) in [5.41, 5.74) is 2.19. The molecule has 1 fully saturated rings. The van der Waals surface area contributed by atoms with Gasteiger partial charge < -0.3 is 10.2 Å². The zero-order valence-corrected chi connectivity index (χ0v) is 12.5. The van der Waals surface area contributed by atoms with Crippen molar-refractivity contribution < 1.29 is 4.79 Å². The molecule has 2 aliphatic heterocycles. The number of nitrogens with zero attached hydrogens (tertiary/aromatic N) is 1. The molecule has 0 radical (unpaired) electrons. The highest BCUT2D eigenvalue weighted by molar-refractivity contribution is 5.99. The largest absolute Gasteiger partial charge is 0.316 e. The van der Waals surface area contributed by atoms with Crippen molar-refractivity contribution in [3.63, 3.8) is 0 Å². The number of benzene rings is 1. The standard InChI is InChI=1S/C17H24N2O/c1-13-8-9-14-6-3-4-7-15(14)19(13)16(20)17(2)10-5-11-18-12-17/h3-4,6-7,13,18H,5,8-12H2,1-2H3. The Bertz CT molecular complexity index is 505. The van der Waals surface area contributed by atoms with Gasteiger partial charge in [-0.1, -0.05) is 18.2 Å². The van der Waals surface area contributed by atoms with Gasteiger partial charge in [0.05, 0.1) is 5.41 Å². The summed E-state index contributed by atoms with van der Waals surface area (Å²) in [6.45, 7) is 6.13. The van der Waals surface area contributed by atoms with E-state index in [-0.39, 0.29) is 5.41 Å². The van der Waals surface area contributed by atoms with Crippen LogP contribution < -0.4 is 10.2 Å². The minimum Gasteiger partial charge on any atom is -0.316 e. The van der Waals surface area contributed by atoms with Crippen LogP contribution in [0.25, 0.3) is 0 Å². The van der Waals surface area contributed by atoms with Crippen LogP contribution in [-0.2, 0) is 11.2 Å². The van der Waals surface area contributed by atoms with Crippen LogP contribution >= 0.6 is 0 Å². The molecule has 1 saturated heterocycles. The zero-order chi connectivity index (χ0) is 14.2. The summed E-state index contributed by atoms with van der Waals surface area (Å²) >= 11 is 0. The summed E-state index contributed by atoms with van der Waals surface area (Å²) in [6.07, 6.45) is 4.22. The lowest BCUT2D eigenvalue weighted by molar-refractivity contribution is -0.128. The van der Waals surface area contributed by atoms with Gasteiger partial charge in [-0.2, -0.15) is 0 Å². The first kappa shape index (κ1) is 13.6. The Morgan fingerprint density at radius 1 is 1.40 bits per heavy atom. The lowest BCUT2D eigenvalue weighted by atomic mass is 9.80. The molecule has 2 aliphatic rings. The maximum absolute atomic E-state index is 13.1. The Hall–Kier alpha value is -1.35. The van der Waals surface area contributed by atoms with Gasteiger partial charge in [-0.15, -0.1) is 0 Å². The molecule has 0 saturated carbocycles. The maximum atomic E-state index is 13.1. The predicted molar refractivity (Wildman–Crippen MR) is 81.9 cm³/mol. The lowest BCUT2D eigenvalue weighted by Gasteiger charge is -2.42. The van der Waals surface area contributed by atoms with Gasteiger partial charge >= 0.3 is 0 Å². The molecule has 1 aromatic rings. The molecule has 1 N–H and O–H groups in total. The van der Waals surface area contributed by atoms with Crippen molar-refractivity contribution in [3.05, 3.63) is 29.8 Å². The van der Waals surface area contributed by atoms with Crippen molar-refractivity contribution in [1.29, 1.82) is 0 Å². The van der Waals surface area contributed by atoms with Gasteiger partial charge in [-0.3, -0.25) is 4.79 Å². The Morgan fingerprint density at radius 3 is 2.95 bits per heavy atom. The predicted octanol–water partition coefficient (Wildman–Crippen LogP) is 2.74. The van der Waals surface area contributed by atoms with Crippen LogP contribution in [0.1, 0.15) is 38.7 Å². The quantitative estimate of drug-likeness (QED) is 0.852. The maximum Gasteiger partial charge on any atom is 0.234 e. The monoisotopic (exact) mass is 272 g/mol. The number of rotatable bonds is 1. The number of carbonyl (C=O) groups excluding carboxylic acids is 1. The van der Waals surface area contributed by atoms with Crippen LogP contribution in [0.4, 0.5) is 5.69 Å². The second-order valence-electron chi connectivity index (χ2n) is 6.53. The van der Waals surface area contributed by atoms with Crippen molar-refractivity contribution in [1.82, 2.24) is 5.32 Å². The van der Waals surface area contributed by atoms with Gasteiger partial charge in [0.1, 0.15) is 0 Å². The molecule has 0 spiro atoms. The Kier molecular flexibility index (Phi) is 3.55. The number of amides is 1. The first-order valence-electron chi connectivity index (χ1n) is 7.74. The van der Waals surface area contributed by atoms with Gasteiger partial charge in [0.15, 0.2) is 0 Å². The second kappa shape index (κ2) is 5.21. The molecule has 0 bridgehead atoms. The van der Waals surface area contributed by atoms with Crippen LogP contribution in [0.5, 0.6) is 0 Å². The minimum atomic E-state index is -0.253. The molecule has 2 heterocycles. The smallest absolute Gasteiger partial charge is 0.234 e. The number of anilines is 1. The minimum absolute atomic E-state index is 0.253. The molecule has 1 amide bonds. The lowest BCUT2D eigenvalue weighted by Crippen LogP contribution is -2.54. The molecule has 3 nitrogen and oxygen atoms in total. The van der Waals surface area contributed by atoms with Gasteiger partial charge in [-0.05, 0) is 57.7 Å². The fourth-order valence-electron chi connectivity index (χ4n) is 3.53. The highest BCUT2D eigenvalue weighted by Crippen LogP contribution is 2.36. The molecular weight excluding hydrogens is 248 g/mol. The van der Waals surface area contributed by atoms with E-state index in [1.807, 2.05) is 6.07 Å². The second-order valence-corrected chi connectivity index (χ2v) is 6.53. The van der Waals surface area contributed by atoms with Crippen LogP contribution in [0.3, 0.4) is 0 Å². The van der Waals surface area contributed by atoms with E-state index in [1.165, 1.54) is 5.56 Å². The van der Waals surface area contributed by atoms with E-state index < -0.39 is 0 Å². The van der Waals surface area contributed by atoms with Crippen molar-refractivity contribution in [2.45, 2.75) is 45.6 Å². The Labute approximate surface area is 121 Å². The summed E-state index contributed by atoms with van der Waals surface area (Å²) in [5.74, 6) is 0.296. The van der Waals surface area contributed by atoms with E-state index >= 15 is 0 Å². The van der Waals surface area contributed by atoms with Crippen LogP contribution in [0.15, 0.2) is 24.3 Å². The average Bonchev–Trinajstić information content (AvgIpc) is 2.47. The molecule has 20 heavy (non-hydrogen) atoms. The van der Waals surface area contributed by atoms with E-state index in [1.54, 1.807) is 0 Å². The SMILES string of the molecule is CC1CCc2ccccc2N1C(=O)C1(C)CCCNC1. The molecule has 1 aromatic carbocycles. The summed E-state index contributed by atoms with van der Waals surface area (Å²) < 4.78 is 0. The van der Waals surface area contributed by atoms with E-state index in [2.05, 4.69) is 42.3 Å². The zero-order valence-electron chi connectivity index (χ0n) is 12.5. The Balaban J connectivity index is 1.94. The van der Waals surface area contributed by atoms with Crippen LogP contribution in [-0.4, -0.2) is 25.0 Å². The van der Waals surface area contributed by atoms with Crippen molar-refractivity contribution >= 4 is 11.6 Å². The number of hydrogen-bond acceptors (Lipinski definition) is 2. The van der Waals surface area contributed by atoms with Crippen LogP contribution in [0, 0.1) is 5.41 Å². The molecular formula is C17H24N2O. The fourth-order valence-corrected chi connectivity index (χ4v) is 3.53. The molecule has 108 valence electrons. The number of para-hydroxylation sites is 1. The summed E-state index contributed by atoms with van der Waals surface area (Å²) in [7, 11) is 0. The average molecular weight is 272 g/mol. The third-order valence-corrected chi connectivity index (χ3v) is 4.86. The first-order valence-corrected chi connectivity index (χ1v) is 7.74. The van der Waals surface area contributed by atoms with Crippen molar-refractivity contribution in [2.75, 3.05) is 18.0 Å². The molecule has 2 unspecified atom stereocenters. The summed E-state index contributed by atoms with van der Waals surface area (Å²) in [4.78, 5) is 15.2. The normalized spacial score (nSPS) is 29.9. The molecule has 0 aromatic heterocycles. The summed E-state index contributed by atoms with van der Waals surface area (Å²) in [6, 6.07) is 8.67. The van der Waals surface area contributed by atoms with Gasteiger partial charge in [0.2, 0.25) is 5.91 Å². The number of fused-ring (bicyclic) bond motifs is 1. The number of piperidine rings is 1. The number of aryl methyl sites for hydroxylation is 1. The van der Waals surface area contributed by atoms with E-state index in [0.29, 0.717) is 11.9 Å². The van der Waals surface area contributed by atoms with Gasteiger partial charge in [0.25, 0.3) is 0 Å². The molecule has 3 heteroatoms. The summed E-state index contributed by atoms with van der Waals surface area (Å²) in [5, 5.41) is 3.39. The highest BCUT2D eigenvalue weighted by atomic mass is 16.2. The fraction of sp³-hybridized carbons (Fsp3) is 0.588. The van der Waals surface area contributed by atoms with E-state index in [4.69, 9.17) is 0 Å². The highest BCUT2D eigenvalue weighted by Gasteiger charge is 2.41. The Morgan fingerprint density at radius 2 is 2.20 bits per heavy atom. The molecule has 0 aliphatic carbocycles. The molecule has 2 atom stereocenters. The van der Waals surface area contributed by atoms with E-state index in [0.717, 1.165) is 44.5 Å². The third-order valence-electron chi connectivity index (χ3n) is 4.86. The van der Waals surface area contributed by atoms with E-state index in [9.17, 15) is 4.79 Å². The topological polar surface area (TPSA) is 32.3 Å². The van der Waals surface area contributed by atoms with Gasteiger partial charge in [0, 0.05) is 18.3 Å². The number of nitrogens with one attached hydrogen (secondary N) is 1.